The average Bonchev–Trinajstić information content (AvgIpc) is 2.72. The molecule has 4 nitrogen and oxygen atoms in total. The third kappa shape index (κ3) is 2.58. The molecule has 1 aliphatic heterocycles. The number of aliphatic hydroxyl groups is 1. The third-order valence-electron chi connectivity index (χ3n) is 2.86. The molecule has 0 radical (unpaired) electrons. The van der Waals surface area contributed by atoms with Crippen molar-refractivity contribution in [2.24, 2.45) is 0 Å². The first-order valence-electron chi connectivity index (χ1n) is 5.76. The summed E-state index contributed by atoms with van der Waals surface area (Å²) in [5.41, 5.74) is 1.84. The third-order valence-corrected chi connectivity index (χ3v) is 2.86. The van der Waals surface area contributed by atoms with Crippen LogP contribution in [0.4, 0.5) is 0 Å². The minimum absolute atomic E-state index is 0.000810. The number of hydrogen-bond acceptors (Lipinski definition) is 4. The van der Waals surface area contributed by atoms with Gasteiger partial charge in [-0.1, -0.05) is 12.1 Å². The molecule has 0 saturated carbocycles. The van der Waals surface area contributed by atoms with E-state index in [4.69, 9.17) is 14.6 Å². The number of benzene rings is 1. The van der Waals surface area contributed by atoms with Gasteiger partial charge in [0.15, 0.2) is 0 Å². The predicted octanol–water partition coefficient (Wildman–Crippen LogP) is 1.61. The van der Waals surface area contributed by atoms with E-state index in [-0.39, 0.29) is 18.5 Å². The van der Waals surface area contributed by atoms with Gasteiger partial charge in [-0.3, -0.25) is 4.79 Å². The fourth-order valence-corrected chi connectivity index (χ4v) is 2.01. The molecule has 1 N–H and O–H groups in total. The summed E-state index contributed by atoms with van der Waals surface area (Å²) in [7, 11) is 0. The predicted molar refractivity (Wildman–Crippen MR) is 61.9 cm³/mol. The van der Waals surface area contributed by atoms with Crippen LogP contribution < -0.4 is 4.74 Å². The van der Waals surface area contributed by atoms with Crippen LogP contribution in [0.1, 0.15) is 30.4 Å². The van der Waals surface area contributed by atoms with Crippen LogP contribution in [0.25, 0.3) is 0 Å². The number of esters is 1. The van der Waals surface area contributed by atoms with Crippen molar-refractivity contribution < 1.29 is 19.4 Å². The number of fused-ring (bicyclic) bond motifs is 1. The van der Waals surface area contributed by atoms with Crippen molar-refractivity contribution in [1.82, 2.24) is 0 Å². The minimum Gasteiger partial charge on any atom is -0.493 e. The molecular weight excluding hydrogens is 220 g/mol. The maximum Gasteiger partial charge on any atom is 0.306 e. The zero-order valence-corrected chi connectivity index (χ0v) is 9.81. The lowest BCUT2D eigenvalue weighted by molar-refractivity contribution is -0.143. The Morgan fingerprint density at radius 2 is 2.41 bits per heavy atom. The second kappa shape index (κ2) is 5.19. The lowest BCUT2D eigenvalue weighted by Gasteiger charge is -2.08. The van der Waals surface area contributed by atoms with Crippen LogP contribution in [-0.4, -0.2) is 24.3 Å². The van der Waals surface area contributed by atoms with Gasteiger partial charge in [-0.25, -0.2) is 0 Å². The monoisotopic (exact) mass is 236 g/mol. The Balaban J connectivity index is 2.09. The molecule has 1 aromatic carbocycles. The van der Waals surface area contributed by atoms with E-state index in [2.05, 4.69) is 0 Å². The van der Waals surface area contributed by atoms with E-state index in [9.17, 15) is 4.79 Å². The first kappa shape index (κ1) is 11.9. The van der Waals surface area contributed by atoms with Crippen LogP contribution in [0.3, 0.4) is 0 Å². The molecule has 0 fully saturated rings. The van der Waals surface area contributed by atoms with Crippen molar-refractivity contribution in [2.75, 3.05) is 13.2 Å². The molecule has 1 unspecified atom stereocenters. The lowest BCUT2D eigenvalue weighted by atomic mass is 9.97. The first-order valence-corrected chi connectivity index (χ1v) is 5.76. The fraction of sp³-hybridized carbons (Fsp3) is 0.462. The van der Waals surface area contributed by atoms with E-state index in [1.807, 2.05) is 18.2 Å². The summed E-state index contributed by atoms with van der Waals surface area (Å²) < 4.78 is 10.4. The molecular formula is C13H16O4. The number of aliphatic hydroxyl groups excluding tert-OH is 1. The smallest absolute Gasteiger partial charge is 0.306 e. The molecule has 0 spiro atoms. The summed E-state index contributed by atoms with van der Waals surface area (Å²) in [5.74, 6) is 0.642. The van der Waals surface area contributed by atoms with Gasteiger partial charge in [-0.05, 0) is 18.6 Å². The Labute approximate surface area is 100 Å². The van der Waals surface area contributed by atoms with Crippen molar-refractivity contribution >= 4 is 5.97 Å². The molecule has 1 atom stereocenters. The highest BCUT2D eigenvalue weighted by atomic mass is 16.5. The Morgan fingerprint density at radius 3 is 3.12 bits per heavy atom. The molecule has 2 rings (SSSR count). The molecule has 4 heteroatoms. The highest BCUT2D eigenvalue weighted by molar-refractivity contribution is 5.71. The summed E-state index contributed by atoms with van der Waals surface area (Å²) in [6.45, 7) is 2.70. The highest BCUT2D eigenvalue weighted by Crippen LogP contribution is 2.36. The van der Waals surface area contributed by atoms with Crippen molar-refractivity contribution in [1.29, 1.82) is 0 Å². The van der Waals surface area contributed by atoms with Crippen molar-refractivity contribution in [3.8, 4) is 5.75 Å². The number of carbonyl (C=O) groups is 1. The maximum absolute atomic E-state index is 11.4. The van der Waals surface area contributed by atoms with Gasteiger partial charge in [-0.15, -0.1) is 0 Å². The Hall–Kier alpha value is -1.55. The Bertz CT molecular complexity index is 414. The normalized spacial score (nSPS) is 17.4. The molecule has 1 heterocycles. The summed E-state index contributed by atoms with van der Waals surface area (Å²) in [6, 6.07) is 5.59. The van der Waals surface area contributed by atoms with Crippen LogP contribution in [0.15, 0.2) is 18.2 Å². The van der Waals surface area contributed by atoms with Crippen molar-refractivity contribution in [3.05, 3.63) is 29.3 Å². The fourth-order valence-electron chi connectivity index (χ4n) is 2.01. The van der Waals surface area contributed by atoms with Crippen LogP contribution in [-0.2, 0) is 16.1 Å². The average molecular weight is 236 g/mol. The van der Waals surface area contributed by atoms with Crippen LogP contribution in [0, 0.1) is 0 Å². The van der Waals surface area contributed by atoms with Gasteiger partial charge in [0.05, 0.1) is 26.2 Å². The zero-order valence-electron chi connectivity index (χ0n) is 9.81. The lowest BCUT2D eigenvalue weighted by Crippen LogP contribution is -2.11. The molecule has 1 aromatic rings. The van der Waals surface area contributed by atoms with Crippen molar-refractivity contribution in [2.45, 2.75) is 25.9 Å². The molecule has 0 aliphatic carbocycles. The molecule has 0 bridgehead atoms. The van der Waals surface area contributed by atoms with Gasteiger partial charge in [0, 0.05) is 11.5 Å². The first-order chi connectivity index (χ1) is 8.24. The van der Waals surface area contributed by atoms with Crippen LogP contribution >= 0.6 is 0 Å². The van der Waals surface area contributed by atoms with Gasteiger partial charge >= 0.3 is 5.97 Å². The number of rotatable bonds is 4. The number of carbonyl (C=O) groups excluding carboxylic acids is 1. The van der Waals surface area contributed by atoms with E-state index in [1.54, 1.807) is 6.92 Å². The standard InChI is InChI=1S/C13H16O4/c1-2-16-13(15)6-10-8-17-12-5-9(7-14)3-4-11(10)12/h3-5,10,14H,2,6-8H2,1H3. The Morgan fingerprint density at radius 1 is 1.59 bits per heavy atom. The Kier molecular flexibility index (Phi) is 3.64. The summed E-state index contributed by atoms with van der Waals surface area (Å²) >= 11 is 0. The zero-order chi connectivity index (χ0) is 12.3. The molecule has 1 aliphatic rings. The van der Waals surface area contributed by atoms with Crippen LogP contribution in [0.2, 0.25) is 0 Å². The molecule has 0 aromatic heterocycles. The van der Waals surface area contributed by atoms with E-state index in [1.165, 1.54) is 0 Å². The summed E-state index contributed by atoms with van der Waals surface area (Å²) in [4.78, 5) is 11.4. The number of ether oxygens (including phenoxy) is 2. The summed E-state index contributed by atoms with van der Waals surface area (Å²) in [6.07, 6.45) is 0.347. The van der Waals surface area contributed by atoms with E-state index >= 15 is 0 Å². The van der Waals surface area contributed by atoms with Gasteiger partial charge in [0.2, 0.25) is 0 Å². The second-order valence-electron chi connectivity index (χ2n) is 4.05. The van der Waals surface area contributed by atoms with Gasteiger partial charge in [-0.2, -0.15) is 0 Å². The number of hydrogen-bond donors (Lipinski definition) is 1. The molecule has 92 valence electrons. The molecule has 0 amide bonds. The van der Waals surface area contributed by atoms with Crippen molar-refractivity contribution in [3.63, 3.8) is 0 Å². The largest absolute Gasteiger partial charge is 0.493 e. The van der Waals surface area contributed by atoms with Gasteiger partial charge in [0.1, 0.15) is 5.75 Å². The van der Waals surface area contributed by atoms with Gasteiger partial charge < -0.3 is 14.6 Å². The molecule has 17 heavy (non-hydrogen) atoms. The van der Waals surface area contributed by atoms with Gasteiger partial charge in [0.25, 0.3) is 0 Å². The molecule has 0 saturated heterocycles. The van der Waals surface area contributed by atoms with Crippen LogP contribution in [0.5, 0.6) is 5.75 Å². The highest BCUT2D eigenvalue weighted by Gasteiger charge is 2.26. The topological polar surface area (TPSA) is 55.8 Å². The van der Waals surface area contributed by atoms with E-state index in [0.717, 1.165) is 16.9 Å². The minimum atomic E-state index is -0.194. The quantitative estimate of drug-likeness (QED) is 0.807. The SMILES string of the molecule is CCOC(=O)CC1COc2cc(CO)ccc21. The second-order valence-corrected chi connectivity index (χ2v) is 4.05. The maximum atomic E-state index is 11.4. The summed E-state index contributed by atoms with van der Waals surface area (Å²) in [5, 5.41) is 9.02. The van der Waals surface area contributed by atoms with E-state index in [0.29, 0.717) is 19.6 Å². The van der Waals surface area contributed by atoms with E-state index < -0.39 is 0 Å².